The van der Waals surface area contributed by atoms with Gasteiger partial charge in [-0.15, -0.1) is 16.9 Å². The van der Waals surface area contributed by atoms with Crippen LogP contribution in [0.2, 0.25) is 0 Å². The SMILES string of the molecule is Cn1nnnc1-c1cccc(NC(=O)c2occc2CSc2ccccc2)c1. The number of carbonyl (C=O) groups is 1. The van der Waals surface area contributed by atoms with Gasteiger partial charge in [0, 0.05) is 34.5 Å². The monoisotopic (exact) mass is 391 g/mol. The maximum Gasteiger partial charge on any atom is 0.291 e. The van der Waals surface area contributed by atoms with Crippen molar-refractivity contribution in [1.82, 2.24) is 20.2 Å². The van der Waals surface area contributed by atoms with E-state index in [0.717, 1.165) is 16.0 Å². The number of amides is 1. The average Bonchev–Trinajstić information content (AvgIpc) is 3.36. The van der Waals surface area contributed by atoms with Gasteiger partial charge in [-0.3, -0.25) is 4.79 Å². The summed E-state index contributed by atoms with van der Waals surface area (Å²) >= 11 is 1.65. The quantitative estimate of drug-likeness (QED) is 0.500. The lowest BCUT2D eigenvalue weighted by Crippen LogP contribution is -2.12. The van der Waals surface area contributed by atoms with Gasteiger partial charge in [0.2, 0.25) is 0 Å². The van der Waals surface area contributed by atoms with Crippen LogP contribution in [-0.4, -0.2) is 26.1 Å². The molecule has 0 aliphatic heterocycles. The lowest BCUT2D eigenvalue weighted by Gasteiger charge is -2.07. The number of aromatic nitrogens is 4. The highest BCUT2D eigenvalue weighted by atomic mass is 32.2. The molecule has 0 fully saturated rings. The number of furan rings is 1. The zero-order valence-corrected chi connectivity index (χ0v) is 15.9. The minimum atomic E-state index is -0.290. The van der Waals surface area contributed by atoms with E-state index in [2.05, 4.69) is 20.8 Å². The maximum atomic E-state index is 12.7. The van der Waals surface area contributed by atoms with Crippen LogP contribution in [0.15, 0.2) is 76.2 Å². The van der Waals surface area contributed by atoms with Gasteiger partial charge in [0.15, 0.2) is 11.6 Å². The Bertz CT molecular complexity index is 1090. The Labute approximate surface area is 165 Å². The number of thioether (sulfide) groups is 1. The molecule has 0 aliphatic rings. The topological polar surface area (TPSA) is 85.8 Å². The third-order valence-corrected chi connectivity index (χ3v) is 5.15. The Morgan fingerprint density at radius 2 is 2.00 bits per heavy atom. The molecule has 0 saturated carbocycles. The van der Waals surface area contributed by atoms with Crippen LogP contribution < -0.4 is 5.32 Å². The van der Waals surface area contributed by atoms with Gasteiger partial charge in [-0.1, -0.05) is 30.3 Å². The third-order valence-electron chi connectivity index (χ3n) is 4.09. The summed E-state index contributed by atoms with van der Waals surface area (Å²) in [4.78, 5) is 13.9. The first-order valence-electron chi connectivity index (χ1n) is 8.59. The van der Waals surface area contributed by atoms with Crippen molar-refractivity contribution in [3.63, 3.8) is 0 Å². The minimum absolute atomic E-state index is 0.290. The highest BCUT2D eigenvalue weighted by molar-refractivity contribution is 7.98. The van der Waals surface area contributed by atoms with E-state index in [-0.39, 0.29) is 5.91 Å². The zero-order valence-electron chi connectivity index (χ0n) is 15.1. The van der Waals surface area contributed by atoms with E-state index >= 15 is 0 Å². The van der Waals surface area contributed by atoms with Gasteiger partial charge in [0.1, 0.15) is 0 Å². The Balaban J connectivity index is 1.48. The van der Waals surface area contributed by atoms with Gasteiger partial charge in [0.05, 0.1) is 6.26 Å². The van der Waals surface area contributed by atoms with Crippen molar-refractivity contribution < 1.29 is 9.21 Å². The smallest absolute Gasteiger partial charge is 0.291 e. The van der Waals surface area contributed by atoms with E-state index in [1.807, 2.05) is 60.7 Å². The Hall–Kier alpha value is -3.39. The van der Waals surface area contributed by atoms with E-state index in [1.54, 1.807) is 23.5 Å². The Morgan fingerprint density at radius 1 is 1.14 bits per heavy atom. The molecule has 0 saturated heterocycles. The van der Waals surface area contributed by atoms with Crippen molar-refractivity contribution in [2.75, 3.05) is 5.32 Å². The van der Waals surface area contributed by atoms with Gasteiger partial charge in [0.25, 0.3) is 5.91 Å². The molecular weight excluding hydrogens is 374 g/mol. The van der Waals surface area contributed by atoms with Crippen molar-refractivity contribution in [1.29, 1.82) is 0 Å². The fourth-order valence-corrected chi connectivity index (χ4v) is 3.62. The summed E-state index contributed by atoms with van der Waals surface area (Å²) in [6, 6.07) is 19.2. The van der Waals surface area contributed by atoms with Gasteiger partial charge in [-0.25, -0.2) is 4.68 Å². The van der Waals surface area contributed by atoms with Crippen LogP contribution in [-0.2, 0) is 12.8 Å². The number of nitrogens with zero attached hydrogens (tertiary/aromatic N) is 4. The number of hydrogen-bond donors (Lipinski definition) is 1. The minimum Gasteiger partial charge on any atom is -0.459 e. The number of carbonyl (C=O) groups excluding carboxylic acids is 1. The van der Waals surface area contributed by atoms with E-state index in [1.165, 1.54) is 6.26 Å². The molecule has 140 valence electrons. The number of benzene rings is 2. The molecule has 4 aromatic rings. The molecule has 7 nitrogen and oxygen atoms in total. The lowest BCUT2D eigenvalue weighted by molar-refractivity contribution is 0.0996. The molecule has 0 radical (unpaired) electrons. The van der Waals surface area contributed by atoms with Crippen molar-refractivity contribution in [2.45, 2.75) is 10.6 Å². The van der Waals surface area contributed by atoms with E-state index in [0.29, 0.717) is 23.0 Å². The second-order valence-electron chi connectivity index (χ2n) is 6.04. The van der Waals surface area contributed by atoms with Crippen LogP contribution in [0.3, 0.4) is 0 Å². The highest BCUT2D eigenvalue weighted by Crippen LogP contribution is 2.26. The number of anilines is 1. The summed E-state index contributed by atoms with van der Waals surface area (Å²) in [5.41, 5.74) is 2.30. The number of tetrazole rings is 1. The third kappa shape index (κ3) is 3.96. The first-order chi connectivity index (χ1) is 13.7. The number of nitrogens with one attached hydrogen (secondary N) is 1. The highest BCUT2D eigenvalue weighted by Gasteiger charge is 2.16. The average molecular weight is 391 g/mol. The zero-order chi connectivity index (χ0) is 19.3. The molecule has 0 spiro atoms. The Morgan fingerprint density at radius 3 is 2.79 bits per heavy atom. The normalized spacial score (nSPS) is 10.8. The lowest BCUT2D eigenvalue weighted by atomic mass is 10.2. The van der Waals surface area contributed by atoms with E-state index < -0.39 is 0 Å². The fraction of sp³-hybridized carbons (Fsp3) is 0.100. The van der Waals surface area contributed by atoms with Crippen LogP contribution in [0.4, 0.5) is 5.69 Å². The van der Waals surface area contributed by atoms with Gasteiger partial charge < -0.3 is 9.73 Å². The van der Waals surface area contributed by atoms with Gasteiger partial charge in [-0.2, -0.15) is 0 Å². The molecule has 8 heteroatoms. The molecule has 4 rings (SSSR count). The summed E-state index contributed by atoms with van der Waals surface area (Å²) in [5.74, 6) is 1.29. The molecule has 0 atom stereocenters. The van der Waals surface area contributed by atoms with Crippen molar-refractivity contribution in [3.05, 3.63) is 78.3 Å². The molecule has 2 aromatic heterocycles. The number of rotatable bonds is 6. The van der Waals surface area contributed by atoms with Crippen molar-refractivity contribution in [2.24, 2.45) is 7.05 Å². The van der Waals surface area contributed by atoms with E-state index in [4.69, 9.17) is 4.42 Å². The number of aryl methyl sites for hydroxylation is 1. The van der Waals surface area contributed by atoms with Crippen LogP contribution >= 0.6 is 11.8 Å². The van der Waals surface area contributed by atoms with Crippen LogP contribution in [0.1, 0.15) is 16.1 Å². The molecule has 2 heterocycles. The van der Waals surface area contributed by atoms with Crippen LogP contribution in [0.5, 0.6) is 0 Å². The molecule has 0 aliphatic carbocycles. The molecule has 1 N–H and O–H groups in total. The largest absolute Gasteiger partial charge is 0.459 e. The molecule has 0 unspecified atom stereocenters. The summed E-state index contributed by atoms with van der Waals surface area (Å²) in [7, 11) is 1.76. The Kier molecular flexibility index (Phi) is 5.20. The van der Waals surface area contributed by atoms with E-state index in [9.17, 15) is 4.79 Å². The molecule has 2 aromatic carbocycles. The molecule has 1 amide bonds. The van der Waals surface area contributed by atoms with Crippen LogP contribution in [0.25, 0.3) is 11.4 Å². The van der Waals surface area contributed by atoms with Gasteiger partial charge >= 0.3 is 0 Å². The summed E-state index contributed by atoms with van der Waals surface area (Å²) in [6.07, 6.45) is 1.54. The van der Waals surface area contributed by atoms with Crippen LogP contribution in [0, 0.1) is 0 Å². The van der Waals surface area contributed by atoms with Gasteiger partial charge in [-0.05, 0) is 40.8 Å². The first kappa shape index (κ1) is 18.0. The predicted octanol–water partition coefficient (Wildman–Crippen LogP) is 4.01. The second kappa shape index (κ2) is 8.10. The second-order valence-corrected chi connectivity index (χ2v) is 7.09. The molecule has 0 bridgehead atoms. The number of hydrogen-bond acceptors (Lipinski definition) is 6. The maximum absolute atomic E-state index is 12.7. The summed E-state index contributed by atoms with van der Waals surface area (Å²) in [6.45, 7) is 0. The van der Waals surface area contributed by atoms with Crippen molar-refractivity contribution in [3.8, 4) is 11.4 Å². The molecular formula is C20H17N5O2S. The fourth-order valence-electron chi connectivity index (χ4n) is 2.72. The summed E-state index contributed by atoms with van der Waals surface area (Å²) < 4.78 is 7.02. The predicted molar refractivity (Wildman–Crippen MR) is 107 cm³/mol. The summed E-state index contributed by atoms with van der Waals surface area (Å²) in [5, 5.41) is 14.4. The standard InChI is InChI=1S/C20H17N5O2S/c1-25-19(22-23-24-25)14-6-5-7-16(12-14)21-20(26)18-15(10-11-27-18)13-28-17-8-3-2-4-9-17/h2-12H,13H2,1H3,(H,21,26). The first-order valence-corrected chi connectivity index (χ1v) is 9.57. The molecule has 28 heavy (non-hydrogen) atoms. The van der Waals surface area contributed by atoms with Crippen molar-refractivity contribution >= 4 is 23.4 Å².